The lowest BCUT2D eigenvalue weighted by Crippen LogP contribution is -2.46. The van der Waals surface area contributed by atoms with E-state index in [0.29, 0.717) is 12.5 Å². The summed E-state index contributed by atoms with van der Waals surface area (Å²) < 4.78 is 7.66. The van der Waals surface area contributed by atoms with Crippen LogP contribution in [0.2, 0.25) is 0 Å². The molecule has 1 aliphatic carbocycles. The minimum atomic E-state index is 0.580. The Morgan fingerprint density at radius 3 is 2.54 bits per heavy atom. The van der Waals surface area contributed by atoms with Crippen LogP contribution >= 0.6 is 0 Å². The first-order valence-corrected chi connectivity index (χ1v) is 10.2. The number of benzene rings is 1. The SMILES string of the molecule is CCOc1ccc(CN2CCN(c3nccn4c(C5CC5)nnc34)CC2)cc1. The lowest BCUT2D eigenvalue weighted by molar-refractivity contribution is 0.249. The third kappa shape index (κ3) is 3.42. The standard InChI is InChI=1S/C21H26N6O/c1-2-28-18-7-3-16(4-8-18)15-25-11-13-26(14-12-25)20-21-24-23-19(17-5-6-17)27(21)10-9-22-20/h3-4,7-10,17H,2,5-6,11-15H2,1H3. The van der Waals surface area contributed by atoms with E-state index < -0.39 is 0 Å². The molecule has 7 nitrogen and oxygen atoms in total. The van der Waals surface area contributed by atoms with Crippen molar-refractivity contribution in [2.24, 2.45) is 0 Å². The van der Waals surface area contributed by atoms with Crippen molar-refractivity contribution in [1.29, 1.82) is 0 Å². The summed E-state index contributed by atoms with van der Waals surface area (Å²) in [6, 6.07) is 8.44. The van der Waals surface area contributed by atoms with E-state index in [0.717, 1.165) is 55.8 Å². The number of nitrogens with zero attached hydrogens (tertiary/aromatic N) is 6. The summed E-state index contributed by atoms with van der Waals surface area (Å²) in [6.45, 7) is 7.61. The number of anilines is 1. The molecule has 5 rings (SSSR count). The molecule has 7 heteroatoms. The minimum absolute atomic E-state index is 0.580. The second-order valence-electron chi connectivity index (χ2n) is 7.62. The van der Waals surface area contributed by atoms with Crippen LogP contribution in [0.5, 0.6) is 5.75 Å². The normalized spacial score (nSPS) is 18.0. The molecule has 1 aliphatic heterocycles. The van der Waals surface area contributed by atoms with Crippen molar-refractivity contribution in [2.45, 2.75) is 32.2 Å². The molecule has 0 bridgehead atoms. The monoisotopic (exact) mass is 378 g/mol. The maximum Gasteiger partial charge on any atom is 0.203 e. The van der Waals surface area contributed by atoms with Gasteiger partial charge in [0.2, 0.25) is 5.65 Å². The topological polar surface area (TPSA) is 58.8 Å². The van der Waals surface area contributed by atoms with Crippen molar-refractivity contribution in [3.05, 3.63) is 48.0 Å². The van der Waals surface area contributed by atoms with Crippen LogP contribution in [0.25, 0.3) is 5.65 Å². The maximum absolute atomic E-state index is 5.53. The van der Waals surface area contributed by atoms with Gasteiger partial charge in [0.15, 0.2) is 5.82 Å². The number of hydrogen-bond acceptors (Lipinski definition) is 6. The number of rotatable bonds is 6. The van der Waals surface area contributed by atoms with E-state index >= 15 is 0 Å². The van der Waals surface area contributed by atoms with Crippen molar-refractivity contribution >= 4 is 11.5 Å². The van der Waals surface area contributed by atoms with E-state index in [9.17, 15) is 0 Å². The Hall–Kier alpha value is -2.67. The molecule has 2 fully saturated rings. The number of fused-ring (bicyclic) bond motifs is 1. The fourth-order valence-electron chi connectivity index (χ4n) is 3.91. The Morgan fingerprint density at radius 2 is 1.82 bits per heavy atom. The van der Waals surface area contributed by atoms with Crippen LogP contribution in [0.1, 0.15) is 37.1 Å². The van der Waals surface area contributed by atoms with E-state index in [-0.39, 0.29) is 0 Å². The first-order chi connectivity index (χ1) is 13.8. The summed E-state index contributed by atoms with van der Waals surface area (Å²) in [5.74, 6) is 3.57. The molecule has 0 spiro atoms. The maximum atomic E-state index is 5.53. The fourth-order valence-corrected chi connectivity index (χ4v) is 3.91. The number of aromatic nitrogens is 4. The van der Waals surface area contributed by atoms with E-state index in [4.69, 9.17) is 4.74 Å². The smallest absolute Gasteiger partial charge is 0.203 e. The number of piperazine rings is 1. The van der Waals surface area contributed by atoms with Gasteiger partial charge in [-0.15, -0.1) is 10.2 Å². The molecule has 0 atom stereocenters. The van der Waals surface area contributed by atoms with Gasteiger partial charge in [-0.05, 0) is 37.5 Å². The summed E-state index contributed by atoms with van der Waals surface area (Å²) in [5, 5.41) is 8.88. The van der Waals surface area contributed by atoms with Gasteiger partial charge >= 0.3 is 0 Å². The van der Waals surface area contributed by atoms with Gasteiger partial charge in [-0.2, -0.15) is 0 Å². The van der Waals surface area contributed by atoms with Gasteiger partial charge in [0, 0.05) is 51.0 Å². The third-order valence-electron chi connectivity index (χ3n) is 5.59. The Bertz CT molecular complexity index is 941. The summed E-state index contributed by atoms with van der Waals surface area (Å²) in [4.78, 5) is 9.46. The predicted octanol–water partition coefficient (Wildman–Crippen LogP) is 2.72. The second-order valence-corrected chi connectivity index (χ2v) is 7.62. The molecule has 2 aromatic heterocycles. The van der Waals surface area contributed by atoms with Gasteiger partial charge in [-0.25, -0.2) is 4.98 Å². The van der Waals surface area contributed by atoms with E-state index in [1.54, 1.807) is 0 Å². The molecular weight excluding hydrogens is 352 g/mol. The highest BCUT2D eigenvalue weighted by Gasteiger charge is 2.30. The molecular formula is C21H26N6O. The van der Waals surface area contributed by atoms with Crippen molar-refractivity contribution in [3.8, 4) is 5.75 Å². The summed E-state index contributed by atoms with van der Waals surface area (Å²) in [7, 11) is 0. The molecule has 0 amide bonds. The average Bonchev–Trinajstić information content (AvgIpc) is 3.48. The molecule has 146 valence electrons. The van der Waals surface area contributed by atoms with Crippen LogP contribution in [-0.4, -0.2) is 57.3 Å². The Kier molecular flexibility index (Phi) is 4.60. The lowest BCUT2D eigenvalue weighted by Gasteiger charge is -2.35. The molecule has 1 saturated carbocycles. The zero-order chi connectivity index (χ0) is 18.9. The summed E-state index contributed by atoms with van der Waals surface area (Å²) in [5.41, 5.74) is 2.22. The molecule has 3 heterocycles. The highest BCUT2D eigenvalue weighted by molar-refractivity contribution is 5.64. The highest BCUT2D eigenvalue weighted by atomic mass is 16.5. The second kappa shape index (κ2) is 7.39. The predicted molar refractivity (Wildman–Crippen MR) is 108 cm³/mol. The molecule has 28 heavy (non-hydrogen) atoms. The molecule has 1 saturated heterocycles. The van der Waals surface area contributed by atoms with Crippen molar-refractivity contribution in [3.63, 3.8) is 0 Å². The fraction of sp³-hybridized carbons (Fsp3) is 0.476. The summed E-state index contributed by atoms with van der Waals surface area (Å²) >= 11 is 0. The minimum Gasteiger partial charge on any atom is -0.494 e. The van der Waals surface area contributed by atoms with Gasteiger partial charge < -0.3 is 9.64 Å². The van der Waals surface area contributed by atoms with E-state index in [1.165, 1.54) is 18.4 Å². The van der Waals surface area contributed by atoms with Crippen LogP contribution in [-0.2, 0) is 6.54 Å². The first kappa shape index (κ1) is 17.4. The van der Waals surface area contributed by atoms with Crippen LogP contribution in [0.4, 0.5) is 5.82 Å². The van der Waals surface area contributed by atoms with Crippen LogP contribution in [0, 0.1) is 0 Å². The van der Waals surface area contributed by atoms with Crippen molar-refractivity contribution in [2.75, 3.05) is 37.7 Å². The van der Waals surface area contributed by atoms with Gasteiger partial charge in [0.1, 0.15) is 11.6 Å². The quantitative estimate of drug-likeness (QED) is 0.657. The molecule has 1 aromatic carbocycles. The zero-order valence-corrected chi connectivity index (χ0v) is 16.3. The first-order valence-electron chi connectivity index (χ1n) is 10.2. The third-order valence-corrected chi connectivity index (χ3v) is 5.59. The van der Waals surface area contributed by atoms with E-state index in [2.05, 4.69) is 53.6 Å². The van der Waals surface area contributed by atoms with Crippen LogP contribution in [0.3, 0.4) is 0 Å². The highest BCUT2D eigenvalue weighted by Crippen LogP contribution is 2.39. The molecule has 3 aromatic rings. The zero-order valence-electron chi connectivity index (χ0n) is 16.3. The lowest BCUT2D eigenvalue weighted by atomic mass is 10.2. The van der Waals surface area contributed by atoms with Crippen LogP contribution in [0.15, 0.2) is 36.7 Å². The molecule has 0 radical (unpaired) electrons. The van der Waals surface area contributed by atoms with Crippen molar-refractivity contribution in [1.82, 2.24) is 24.5 Å². The largest absolute Gasteiger partial charge is 0.494 e. The van der Waals surface area contributed by atoms with Crippen molar-refractivity contribution < 1.29 is 4.74 Å². The van der Waals surface area contributed by atoms with Gasteiger partial charge in [-0.1, -0.05) is 12.1 Å². The number of ether oxygens (including phenoxy) is 1. The van der Waals surface area contributed by atoms with E-state index in [1.807, 2.05) is 19.3 Å². The molecule has 2 aliphatic rings. The molecule has 0 unspecified atom stereocenters. The van der Waals surface area contributed by atoms with Gasteiger partial charge in [-0.3, -0.25) is 9.30 Å². The Labute approximate surface area is 165 Å². The Morgan fingerprint density at radius 1 is 1.04 bits per heavy atom. The molecule has 0 N–H and O–H groups in total. The van der Waals surface area contributed by atoms with Crippen LogP contribution < -0.4 is 9.64 Å². The summed E-state index contributed by atoms with van der Waals surface area (Å²) in [6.07, 6.45) is 6.32. The average molecular weight is 378 g/mol. The van der Waals surface area contributed by atoms with Gasteiger partial charge in [0.25, 0.3) is 0 Å². The van der Waals surface area contributed by atoms with Gasteiger partial charge in [0.05, 0.1) is 6.61 Å². The Balaban J connectivity index is 1.24. The number of hydrogen-bond donors (Lipinski definition) is 0.